The maximum atomic E-state index is 11.4. The lowest BCUT2D eigenvalue weighted by atomic mass is 9.98. The topological polar surface area (TPSA) is 32.3 Å². The van der Waals surface area contributed by atoms with Crippen LogP contribution in [0.2, 0.25) is 0 Å². The minimum atomic E-state index is 0.0978. The number of likely N-dealkylation sites (N-methyl/N-ethyl adjacent to an activating group) is 1. The molecule has 0 aromatic heterocycles. The van der Waals surface area contributed by atoms with Crippen LogP contribution in [0.3, 0.4) is 0 Å². The minimum absolute atomic E-state index is 0.0978. The van der Waals surface area contributed by atoms with E-state index in [1.54, 1.807) is 0 Å². The number of allylic oxidation sites excluding steroid dienone is 2. The molecule has 1 heterocycles. The molecular formula is C11H20N2O. The number of hydrogen-bond donors (Lipinski definition) is 1. The van der Waals surface area contributed by atoms with E-state index in [4.69, 9.17) is 0 Å². The Hall–Kier alpha value is -0.990. The van der Waals surface area contributed by atoms with Gasteiger partial charge in [0.05, 0.1) is 6.54 Å². The zero-order valence-electron chi connectivity index (χ0n) is 9.72. The third kappa shape index (κ3) is 2.08. The molecule has 0 saturated heterocycles. The van der Waals surface area contributed by atoms with Crippen LogP contribution in [0.5, 0.6) is 0 Å². The van der Waals surface area contributed by atoms with E-state index in [1.165, 1.54) is 5.70 Å². The van der Waals surface area contributed by atoms with Crippen molar-refractivity contribution in [3.8, 4) is 0 Å². The number of nitrogens with one attached hydrogen (secondary N) is 1. The van der Waals surface area contributed by atoms with Crippen molar-refractivity contribution in [2.45, 2.75) is 27.7 Å². The molecule has 80 valence electrons. The molecule has 0 aromatic rings. The van der Waals surface area contributed by atoms with E-state index in [-0.39, 0.29) is 5.91 Å². The van der Waals surface area contributed by atoms with Crippen LogP contribution in [0.15, 0.2) is 11.4 Å². The Kier molecular flexibility index (Phi) is 3.19. The van der Waals surface area contributed by atoms with E-state index < -0.39 is 0 Å². The molecule has 0 radical (unpaired) electrons. The van der Waals surface area contributed by atoms with E-state index >= 15 is 0 Å². The molecule has 3 nitrogen and oxygen atoms in total. The first-order valence-corrected chi connectivity index (χ1v) is 5.18. The highest BCUT2D eigenvalue weighted by molar-refractivity contribution is 5.81. The second kappa shape index (κ2) is 4.03. The molecule has 0 atom stereocenters. The smallest absolute Gasteiger partial charge is 0.243 e. The summed E-state index contributed by atoms with van der Waals surface area (Å²) in [6.45, 7) is 9.01. The van der Waals surface area contributed by atoms with Crippen molar-refractivity contribution >= 4 is 5.91 Å². The predicted octanol–water partition coefficient (Wildman–Crippen LogP) is 1.57. The van der Waals surface area contributed by atoms with Gasteiger partial charge in [-0.05, 0) is 11.8 Å². The molecular weight excluding hydrogens is 176 g/mol. The first kappa shape index (κ1) is 11.1. The zero-order valence-corrected chi connectivity index (χ0v) is 9.72. The van der Waals surface area contributed by atoms with Gasteiger partial charge in [-0.1, -0.05) is 27.7 Å². The fourth-order valence-electron chi connectivity index (χ4n) is 1.95. The third-order valence-electron chi connectivity index (χ3n) is 2.47. The highest BCUT2D eigenvalue weighted by atomic mass is 16.2. The molecule has 1 rings (SSSR count). The summed E-state index contributed by atoms with van der Waals surface area (Å²) < 4.78 is 0. The fraction of sp³-hybridized carbons (Fsp3) is 0.727. The Balaban J connectivity index is 3.08. The van der Waals surface area contributed by atoms with Gasteiger partial charge >= 0.3 is 0 Å². The van der Waals surface area contributed by atoms with Crippen molar-refractivity contribution in [2.24, 2.45) is 11.8 Å². The molecule has 1 amide bonds. The summed E-state index contributed by atoms with van der Waals surface area (Å²) in [5, 5.41) is 2.98. The van der Waals surface area contributed by atoms with Gasteiger partial charge in [0, 0.05) is 18.4 Å². The molecule has 0 aromatic carbocycles. The second-order valence-electron chi connectivity index (χ2n) is 4.51. The van der Waals surface area contributed by atoms with Crippen molar-refractivity contribution in [1.29, 1.82) is 0 Å². The Labute approximate surface area is 86.2 Å². The van der Waals surface area contributed by atoms with E-state index in [0.717, 1.165) is 5.70 Å². The van der Waals surface area contributed by atoms with Gasteiger partial charge in [0.2, 0.25) is 5.91 Å². The summed E-state index contributed by atoms with van der Waals surface area (Å²) in [6.07, 6.45) is 0. The van der Waals surface area contributed by atoms with Gasteiger partial charge < -0.3 is 10.2 Å². The van der Waals surface area contributed by atoms with E-state index in [0.29, 0.717) is 18.4 Å². The summed E-state index contributed by atoms with van der Waals surface area (Å²) in [5.74, 6) is 0.928. The monoisotopic (exact) mass is 196 g/mol. The van der Waals surface area contributed by atoms with Crippen molar-refractivity contribution in [1.82, 2.24) is 10.2 Å². The van der Waals surface area contributed by atoms with Crippen LogP contribution in [0.4, 0.5) is 0 Å². The summed E-state index contributed by atoms with van der Waals surface area (Å²) in [4.78, 5) is 13.4. The highest BCUT2D eigenvalue weighted by Crippen LogP contribution is 2.24. The second-order valence-corrected chi connectivity index (χ2v) is 4.51. The molecule has 3 heteroatoms. The molecule has 0 unspecified atom stereocenters. The van der Waals surface area contributed by atoms with Gasteiger partial charge in [-0.2, -0.15) is 0 Å². The number of carbonyl (C=O) groups is 1. The van der Waals surface area contributed by atoms with Crippen molar-refractivity contribution in [3.05, 3.63) is 11.4 Å². The quantitative estimate of drug-likeness (QED) is 0.727. The number of rotatable bonds is 2. The first-order valence-electron chi connectivity index (χ1n) is 5.18. The Morgan fingerprint density at radius 1 is 1.21 bits per heavy atom. The Morgan fingerprint density at radius 2 is 1.79 bits per heavy atom. The Bertz CT molecular complexity index is 266. The third-order valence-corrected chi connectivity index (χ3v) is 2.47. The Morgan fingerprint density at radius 3 is 2.21 bits per heavy atom. The summed E-state index contributed by atoms with van der Waals surface area (Å²) >= 11 is 0. The maximum Gasteiger partial charge on any atom is 0.243 e. The molecule has 14 heavy (non-hydrogen) atoms. The summed E-state index contributed by atoms with van der Waals surface area (Å²) in [7, 11) is 1.98. The number of nitrogens with zero attached hydrogens (tertiary/aromatic N) is 1. The van der Waals surface area contributed by atoms with Crippen LogP contribution in [0.25, 0.3) is 0 Å². The average Bonchev–Trinajstić information content (AvgIpc) is 2.01. The molecule has 0 aliphatic carbocycles. The van der Waals surface area contributed by atoms with Crippen LogP contribution in [0.1, 0.15) is 27.7 Å². The number of carbonyl (C=O) groups excluding carboxylic acids is 1. The van der Waals surface area contributed by atoms with Gasteiger partial charge in [0.1, 0.15) is 0 Å². The number of hydrogen-bond acceptors (Lipinski definition) is 2. The van der Waals surface area contributed by atoms with Gasteiger partial charge in [0.25, 0.3) is 0 Å². The van der Waals surface area contributed by atoms with Crippen molar-refractivity contribution < 1.29 is 4.79 Å². The minimum Gasteiger partial charge on any atom is -0.367 e. The van der Waals surface area contributed by atoms with E-state index in [1.807, 2.05) is 7.05 Å². The van der Waals surface area contributed by atoms with Crippen molar-refractivity contribution in [2.75, 3.05) is 13.6 Å². The normalized spacial score (nSPS) is 18.2. The van der Waals surface area contributed by atoms with Crippen LogP contribution in [0, 0.1) is 11.8 Å². The SMILES string of the molecule is CC(C)C1=C(C(C)C)N(C)CC(=O)N1. The predicted molar refractivity (Wildman–Crippen MR) is 57.5 cm³/mol. The van der Waals surface area contributed by atoms with Gasteiger partial charge in [-0.3, -0.25) is 4.79 Å². The summed E-state index contributed by atoms with van der Waals surface area (Å²) in [5.41, 5.74) is 2.35. The van der Waals surface area contributed by atoms with Crippen LogP contribution in [-0.2, 0) is 4.79 Å². The maximum absolute atomic E-state index is 11.4. The molecule has 1 aliphatic rings. The lowest BCUT2D eigenvalue weighted by Gasteiger charge is -2.34. The first-order chi connectivity index (χ1) is 6.43. The molecule has 1 N–H and O–H groups in total. The van der Waals surface area contributed by atoms with Crippen LogP contribution in [-0.4, -0.2) is 24.4 Å². The molecule has 0 bridgehead atoms. The lowest BCUT2D eigenvalue weighted by molar-refractivity contribution is -0.122. The average molecular weight is 196 g/mol. The zero-order chi connectivity index (χ0) is 10.9. The summed E-state index contributed by atoms with van der Waals surface area (Å²) in [6, 6.07) is 0. The lowest BCUT2D eigenvalue weighted by Crippen LogP contribution is -2.44. The number of amides is 1. The molecule has 0 spiro atoms. The molecule has 1 aliphatic heterocycles. The van der Waals surface area contributed by atoms with Gasteiger partial charge in [-0.25, -0.2) is 0 Å². The largest absolute Gasteiger partial charge is 0.367 e. The molecule has 0 fully saturated rings. The van der Waals surface area contributed by atoms with Crippen LogP contribution < -0.4 is 5.32 Å². The van der Waals surface area contributed by atoms with Crippen molar-refractivity contribution in [3.63, 3.8) is 0 Å². The standard InChI is InChI=1S/C11H20N2O/c1-7(2)10-11(8(3)4)13(5)6-9(14)12-10/h7-8H,6H2,1-5H3,(H,12,14). The molecule has 0 saturated carbocycles. The van der Waals surface area contributed by atoms with E-state index in [9.17, 15) is 4.79 Å². The fourth-order valence-corrected chi connectivity index (χ4v) is 1.95. The van der Waals surface area contributed by atoms with Gasteiger partial charge in [-0.15, -0.1) is 0 Å². The highest BCUT2D eigenvalue weighted by Gasteiger charge is 2.25. The van der Waals surface area contributed by atoms with Gasteiger partial charge in [0.15, 0.2) is 0 Å². The van der Waals surface area contributed by atoms with E-state index in [2.05, 4.69) is 37.9 Å². The van der Waals surface area contributed by atoms with Crippen LogP contribution >= 0.6 is 0 Å².